The van der Waals surface area contributed by atoms with Crippen molar-refractivity contribution in [1.29, 1.82) is 0 Å². The summed E-state index contributed by atoms with van der Waals surface area (Å²) < 4.78 is 9.41. The molecule has 3 N–H and O–H groups in total. The molecule has 0 spiro atoms. The Morgan fingerprint density at radius 3 is 1.29 bits per heavy atom. The SMILES string of the molecule is COC(=O)c1ccc(N2C(=O)C(=Cc3c(Cl)cccc3C3CC3)c3c(C)cccc32)cc1O.COC(=O)c1ccc(N2C(=O)C(=Cc3c(Cl)cccc3C3CC3)c3c(C)cccc32)cc1O.[Li+].[OH-]. The van der Waals surface area contributed by atoms with E-state index in [2.05, 4.69) is 12.1 Å². The first-order chi connectivity index (χ1) is 31.8. The molecule has 2 saturated carbocycles. The Balaban J connectivity index is 0.000000196. The van der Waals surface area contributed by atoms with Crippen LogP contribution in [0.15, 0.2) is 109 Å². The minimum atomic E-state index is -0.644. The van der Waals surface area contributed by atoms with Crippen molar-refractivity contribution >= 4 is 93.0 Å². The van der Waals surface area contributed by atoms with E-state index < -0.39 is 11.9 Å². The van der Waals surface area contributed by atoms with Crippen LogP contribution in [0.3, 0.4) is 0 Å². The summed E-state index contributed by atoms with van der Waals surface area (Å²) in [5.41, 5.74) is 11.2. The molecule has 2 aliphatic carbocycles. The molecule has 11 nitrogen and oxygen atoms in total. The van der Waals surface area contributed by atoms with E-state index in [9.17, 15) is 29.4 Å². The first-order valence-electron chi connectivity index (χ1n) is 21.5. The Labute approximate surface area is 415 Å². The normalized spacial score (nSPS) is 15.8. The second-order valence-corrected chi connectivity index (χ2v) is 17.6. The van der Waals surface area contributed by atoms with Crippen molar-refractivity contribution in [1.82, 2.24) is 0 Å². The monoisotopic (exact) mass is 942 g/mol. The summed E-state index contributed by atoms with van der Waals surface area (Å²) in [6, 6.07) is 32.2. The van der Waals surface area contributed by atoms with Gasteiger partial charge in [0.15, 0.2) is 0 Å². The molecule has 2 aliphatic heterocycles. The van der Waals surface area contributed by atoms with Crippen LogP contribution in [-0.2, 0) is 19.1 Å². The number of amides is 2. The Morgan fingerprint density at radius 1 is 0.588 bits per heavy atom. The molecule has 4 aliphatic rings. The standard InChI is InChI=1S/2C27H22ClNO4.Li.H2O/c2*1-15-5-3-8-23-25(15)21(14-20-18(16-9-10-16)6-4-7-22(20)28)26(31)29(23)17-11-12-19(24(30)13-17)27(32)33-2;;/h2*3-8,11-14,16,30H,9-10H2,1-2H3;;1H2/q;;+1;/p-1. The van der Waals surface area contributed by atoms with Crippen LogP contribution in [0.2, 0.25) is 10.0 Å². The number of hydrogen-bond acceptors (Lipinski definition) is 9. The zero-order valence-corrected chi connectivity index (χ0v) is 39.5. The number of carbonyl (C=O) groups is 4. The maximum atomic E-state index is 13.8. The van der Waals surface area contributed by atoms with Crippen LogP contribution in [0.5, 0.6) is 11.5 Å². The van der Waals surface area contributed by atoms with Crippen molar-refractivity contribution in [3.63, 3.8) is 0 Å². The van der Waals surface area contributed by atoms with E-state index in [-0.39, 0.29) is 58.8 Å². The number of benzene rings is 6. The molecule has 2 amide bonds. The second-order valence-electron chi connectivity index (χ2n) is 16.8. The first-order valence-corrected chi connectivity index (χ1v) is 22.3. The Bertz CT molecular complexity index is 2900. The van der Waals surface area contributed by atoms with Gasteiger partial charge in [-0.2, -0.15) is 0 Å². The summed E-state index contributed by atoms with van der Waals surface area (Å²) in [5.74, 6) is -1.27. The number of phenolic OH excluding ortho intramolecular Hbond substituents is 2. The van der Waals surface area contributed by atoms with Crippen LogP contribution < -0.4 is 28.7 Å². The molecule has 0 saturated heterocycles. The van der Waals surface area contributed by atoms with E-state index in [1.807, 2.05) is 86.7 Å². The van der Waals surface area contributed by atoms with Gasteiger partial charge >= 0.3 is 30.8 Å². The van der Waals surface area contributed by atoms with Crippen molar-refractivity contribution in [2.75, 3.05) is 24.0 Å². The zero-order valence-electron chi connectivity index (χ0n) is 38.0. The number of phenols is 2. The molecule has 0 aromatic heterocycles. The summed E-state index contributed by atoms with van der Waals surface area (Å²) in [6.07, 6.45) is 8.28. The third kappa shape index (κ3) is 9.08. The van der Waals surface area contributed by atoms with E-state index in [1.54, 1.807) is 21.9 Å². The predicted molar refractivity (Wildman–Crippen MR) is 260 cm³/mol. The number of nitrogens with zero attached hydrogens (tertiary/aromatic N) is 2. The number of halogens is 2. The van der Waals surface area contributed by atoms with Crippen LogP contribution >= 0.6 is 23.2 Å². The molecule has 0 unspecified atom stereocenters. The molecular weight excluding hydrogens is 898 g/mol. The number of hydrogen-bond donors (Lipinski definition) is 2. The number of anilines is 4. The number of aromatic hydroxyl groups is 2. The van der Waals surface area contributed by atoms with Gasteiger partial charge in [0.1, 0.15) is 22.6 Å². The number of methoxy groups -OCH3 is 2. The van der Waals surface area contributed by atoms with Gasteiger partial charge in [0.2, 0.25) is 0 Å². The zero-order chi connectivity index (χ0) is 46.6. The fourth-order valence-corrected chi connectivity index (χ4v) is 9.39. The Kier molecular flexibility index (Phi) is 14.5. The summed E-state index contributed by atoms with van der Waals surface area (Å²) in [4.78, 5) is 54.4. The molecule has 6 aromatic carbocycles. The van der Waals surface area contributed by atoms with E-state index >= 15 is 0 Å². The van der Waals surface area contributed by atoms with Crippen LogP contribution in [-0.4, -0.2) is 53.7 Å². The van der Waals surface area contributed by atoms with Gasteiger partial charge in [-0.15, -0.1) is 0 Å². The van der Waals surface area contributed by atoms with Gasteiger partial charge < -0.3 is 25.2 Å². The van der Waals surface area contributed by atoms with Crippen LogP contribution in [0, 0.1) is 13.8 Å². The molecule has 6 aromatic rings. The molecular formula is C54H45Cl2LiN2O9. The number of fused-ring (bicyclic) bond motifs is 2. The molecule has 68 heavy (non-hydrogen) atoms. The van der Waals surface area contributed by atoms with Gasteiger partial charge in [-0.25, -0.2) is 9.59 Å². The maximum Gasteiger partial charge on any atom is 1.00 e. The molecule has 0 atom stereocenters. The number of aryl methyl sites for hydroxylation is 2. The van der Waals surface area contributed by atoms with Gasteiger partial charge in [-0.1, -0.05) is 71.7 Å². The van der Waals surface area contributed by atoms with Crippen molar-refractivity contribution < 1.29 is 63.2 Å². The summed E-state index contributed by atoms with van der Waals surface area (Å²) >= 11 is 13.2. The van der Waals surface area contributed by atoms with Crippen molar-refractivity contribution in [3.8, 4) is 11.5 Å². The quantitative estimate of drug-likeness (QED) is 0.0860. The van der Waals surface area contributed by atoms with Gasteiger partial charge in [0, 0.05) is 33.3 Å². The minimum Gasteiger partial charge on any atom is -0.870 e. The third-order valence-electron chi connectivity index (χ3n) is 12.5. The third-order valence-corrected chi connectivity index (χ3v) is 13.1. The predicted octanol–water partition coefficient (Wildman–Crippen LogP) is 9.30. The number of carbonyl (C=O) groups excluding carboxylic acids is 4. The Hall–Kier alpha value is -6.58. The minimum absolute atomic E-state index is 0. The van der Waals surface area contributed by atoms with E-state index in [1.165, 1.54) is 38.5 Å². The van der Waals surface area contributed by atoms with E-state index in [0.717, 1.165) is 81.6 Å². The van der Waals surface area contributed by atoms with E-state index in [4.69, 9.17) is 32.7 Å². The van der Waals surface area contributed by atoms with Crippen LogP contribution in [0.1, 0.15) is 103 Å². The molecule has 340 valence electrons. The van der Waals surface area contributed by atoms with Crippen molar-refractivity contribution in [2.24, 2.45) is 0 Å². The molecule has 14 heteroatoms. The van der Waals surface area contributed by atoms with Gasteiger partial charge in [-0.3, -0.25) is 19.4 Å². The number of ether oxygens (including phenoxy) is 2. The number of esters is 2. The maximum absolute atomic E-state index is 13.8. The first kappa shape index (κ1) is 49.3. The largest absolute Gasteiger partial charge is 1.00 e. The topological polar surface area (TPSA) is 164 Å². The van der Waals surface area contributed by atoms with Gasteiger partial charge in [0.25, 0.3) is 11.8 Å². The Morgan fingerprint density at radius 2 is 0.956 bits per heavy atom. The fourth-order valence-electron chi connectivity index (χ4n) is 8.92. The molecule has 2 heterocycles. The average molecular weight is 944 g/mol. The average Bonchev–Trinajstić information content (AvgIpc) is 4.25. The summed E-state index contributed by atoms with van der Waals surface area (Å²) in [7, 11) is 2.50. The van der Waals surface area contributed by atoms with E-state index in [0.29, 0.717) is 44.4 Å². The van der Waals surface area contributed by atoms with Gasteiger partial charge in [-0.05, 0) is 145 Å². The summed E-state index contributed by atoms with van der Waals surface area (Å²) in [5, 5.41) is 22.1. The molecule has 0 bridgehead atoms. The summed E-state index contributed by atoms with van der Waals surface area (Å²) in [6.45, 7) is 3.94. The second kappa shape index (κ2) is 19.9. The van der Waals surface area contributed by atoms with Crippen LogP contribution in [0.25, 0.3) is 23.3 Å². The molecule has 10 rings (SSSR count). The fraction of sp³-hybridized carbons (Fsp3) is 0.185. The van der Waals surface area contributed by atoms with Crippen LogP contribution in [0.4, 0.5) is 22.7 Å². The smallest absolute Gasteiger partial charge is 0.870 e. The molecule has 2 fully saturated rings. The van der Waals surface area contributed by atoms with Crippen molar-refractivity contribution in [2.45, 2.75) is 51.4 Å². The van der Waals surface area contributed by atoms with Gasteiger partial charge in [0.05, 0.1) is 48.1 Å². The number of rotatable bonds is 8. The van der Waals surface area contributed by atoms with Crippen molar-refractivity contribution in [3.05, 3.63) is 175 Å². The molecule has 0 radical (unpaired) electrons.